The van der Waals surface area contributed by atoms with Crippen LogP contribution < -0.4 is 18.9 Å². The summed E-state index contributed by atoms with van der Waals surface area (Å²) in [6, 6.07) is 18.0. The van der Waals surface area contributed by atoms with Crippen LogP contribution in [0.25, 0.3) is 0 Å². The molecular weight excluding hydrogens is 713 g/mol. The molecule has 3 aliphatic heterocycles. The number of hydrogen-bond donors (Lipinski definition) is 1. The van der Waals surface area contributed by atoms with Crippen LogP contribution >= 0.6 is 0 Å². The maximum Gasteiger partial charge on any atom is 0.126 e. The highest BCUT2D eigenvalue weighted by Gasteiger charge is 2.39. The van der Waals surface area contributed by atoms with Crippen LogP contribution in [-0.2, 0) is 28.7 Å². The molecule has 1 N–H and O–H groups in total. The van der Waals surface area contributed by atoms with Crippen molar-refractivity contribution in [3.8, 4) is 23.0 Å². The van der Waals surface area contributed by atoms with Crippen molar-refractivity contribution in [3.63, 3.8) is 0 Å². The van der Waals surface area contributed by atoms with Crippen molar-refractivity contribution in [1.29, 1.82) is 0 Å². The minimum Gasteiger partial charge on any atom is -0.490 e. The van der Waals surface area contributed by atoms with Crippen molar-refractivity contribution in [2.24, 2.45) is 0 Å². The van der Waals surface area contributed by atoms with Crippen LogP contribution in [0.2, 0.25) is 0 Å². The second-order valence-electron chi connectivity index (χ2n) is 18.0. The van der Waals surface area contributed by atoms with E-state index < -0.39 is 11.7 Å². The van der Waals surface area contributed by atoms with Gasteiger partial charge in [-0.1, -0.05) is 55.5 Å². The number of aryl methyl sites for hydroxylation is 8. The molecule has 0 saturated carbocycles. The van der Waals surface area contributed by atoms with Gasteiger partial charge in [-0.15, -0.1) is 0 Å². The minimum atomic E-state index is -0.692. The van der Waals surface area contributed by atoms with Gasteiger partial charge in [0.2, 0.25) is 0 Å². The van der Waals surface area contributed by atoms with Gasteiger partial charge in [-0.3, -0.25) is 0 Å². The lowest BCUT2D eigenvalue weighted by Crippen LogP contribution is -2.38. The molecule has 3 heterocycles. The van der Waals surface area contributed by atoms with E-state index in [0.29, 0.717) is 19.1 Å². The second kappa shape index (κ2) is 16.7. The Balaban J connectivity index is 0.946. The monoisotopic (exact) mass is 776 g/mol. The largest absolute Gasteiger partial charge is 0.490 e. The Labute approximate surface area is 341 Å². The zero-order valence-corrected chi connectivity index (χ0v) is 36.0. The van der Waals surface area contributed by atoms with Crippen LogP contribution in [0.1, 0.15) is 113 Å². The molecule has 5 atom stereocenters. The third-order valence-electron chi connectivity index (χ3n) is 12.1. The molecule has 7 rings (SSSR count). The van der Waals surface area contributed by atoms with E-state index in [1.165, 1.54) is 33.4 Å². The molecule has 5 unspecified atom stereocenters. The summed E-state index contributed by atoms with van der Waals surface area (Å²) >= 11 is 0. The number of hydrogen-bond acceptors (Lipinski definition) is 7. The Morgan fingerprint density at radius 1 is 0.702 bits per heavy atom. The molecule has 3 aliphatic rings. The number of aliphatic hydroxyl groups is 1. The van der Waals surface area contributed by atoms with E-state index in [1.54, 1.807) is 0 Å². The average Bonchev–Trinajstić information content (AvgIpc) is 4.07. The first kappa shape index (κ1) is 41.1. The first-order valence-electron chi connectivity index (χ1n) is 21.1. The molecule has 306 valence electrons. The lowest BCUT2D eigenvalue weighted by atomic mass is 9.86. The molecule has 0 bridgehead atoms. The van der Waals surface area contributed by atoms with Gasteiger partial charge in [0.15, 0.2) is 0 Å². The van der Waals surface area contributed by atoms with E-state index >= 15 is 0 Å². The average molecular weight is 777 g/mol. The maximum atomic E-state index is 11.3. The molecule has 2 saturated heterocycles. The number of rotatable bonds is 17. The number of fused-ring (bicyclic) bond motifs is 1. The van der Waals surface area contributed by atoms with Gasteiger partial charge < -0.3 is 33.5 Å². The summed E-state index contributed by atoms with van der Waals surface area (Å²) in [6.07, 6.45) is 5.78. The summed E-state index contributed by atoms with van der Waals surface area (Å²) < 4.78 is 36.6. The van der Waals surface area contributed by atoms with Crippen LogP contribution in [-0.4, -0.2) is 61.0 Å². The van der Waals surface area contributed by atoms with Crippen molar-refractivity contribution < 1.29 is 33.5 Å². The predicted molar refractivity (Wildman–Crippen MR) is 227 cm³/mol. The van der Waals surface area contributed by atoms with Crippen LogP contribution in [0.15, 0.2) is 48.5 Å². The summed E-state index contributed by atoms with van der Waals surface area (Å²) in [5, 5.41) is 11.3. The van der Waals surface area contributed by atoms with Gasteiger partial charge in [0.05, 0.1) is 25.4 Å². The molecule has 7 heteroatoms. The van der Waals surface area contributed by atoms with E-state index in [1.807, 2.05) is 0 Å². The predicted octanol–water partition coefficient (Wildman–Crippen LogP) is 10.1. The fraction of sp³-hybridized carbons (Fsp3) is 0.520. The Morgan fingerprint density at radius 3 is 1.68 bits per heavy atom. The minimum absolute atomic E-state index is 0.152. The van der Waals surface area contributed by atoms with Gasteiger partial charge in [0.1, 0.15) is 53.5 Å². The Morgan fingerprint density at radius 2 is 1.18 bits per heavy atom. The zero-order valence-electron chi connectivity index (χ0n) is 36.0. The van der Waals surface area contributed by atoms with Crippen molar-refractivity contribution in [1.82, 2.24) is 0 Å². The highest BCUT2D eigenvalue weighted by molar-refractivity contribution is 5.50. The van der Waals surface area contributed by atoms with Gasteiger partial charge in [-0.25, -0.2) is 0 Å². The molecule has 57 heavy (non-hydrogen) atoms. The topological polar surface area (TPSA) is 82.2 Å². The van der Waals surface area contributed by atoms with Gasteiger partial charge in [-0.05, 0) is 161 Å². The summed E-state index contributed by atoms with van der Waals surface area (Å²) in [7, 11) is 0. The summed E-state index contributed by atoms with van der Waals surface area (Å²) in [4.78, 5) is 0. The summed E-state index contributed by atoms with van der Waals surface area (Å²) in [5.74, 6) is 3.75. The van der Waals surface area contributed by atoms with Gasteiger partial charge in [0.25, 0.3) is 0 Å². The third-order valence-corrected chi connectivity index (χ3v) is 12.1. The number of aliphatic hydroxyl groups excluding tert-OH is 1. The van der Waals surface area contributed by atoms with Crippen LogP contribution in [0.5, 0.6) is 23.0 Å². The molecule has 7 nitrogen and oxygen atoms in total. The summed E-state index contributed by atoms with van der Waals surface area (Å²) in [6.45, 7) is 23.7. The van der Waals surface area contributed by atoms with Crippen LogP contribution in [0, 0.1) is 48.5 Å². The number of benzene rings is 4. The normalized spacial score (nSPS) is 21.2. The maximum absolute atomic E-state index is 11.3. The van der Waals surface area contributed by atoms with Gasteiger partial charge >= 0.3 is 0 Å². The fourth-order valence-electron chi connectivity index (χ4n) is 8.97. The Hall–Kier alpha value is -4.04. The van der Waals surface area contributed by atoms with E-state index in [-0.39, 0.29) is 18.3 Å². The lowest BCUT2D eigenvalue weighted by molar-refractivity contribution is 0.00342. The molecular formula is C50H64O7. The van der Waals surface area contributed by atoms with E-state index in [2.05, 4.69) is 118 Å². The first-order valence-corrected chi connectivity index (χ1v) is 21.1. The first-order chi connectivity index (χ1) is 27.1. The molecule has 0 aromatic heterocycles. The zero-order chi connectivity index (χ0) is 40.6. The highest BCUT2D eigenvalue weighted by Crippen LogP contribution is 2.41. The summed E-state index contributed by atoms with van der Waals surface area (Å²) in [5.41, 5.74) is 13.5. The van der Waals surface area contributed by atoms with E-state index in [4.69, 9.17) is 28.4 Å². The quantitative estimate of drug-likeness (QED) is 0.107. The fourth-order valence-corrected chi connectivity index (χ4v) is 8.97. The smallest absolute Gasteiger partial charge is 0.126 e. The number of ether oxygens (including phenoxy) is 6. The molecule has 0 amide bonds. The molecule has 0 aliphatic carbocycles. The van der Waals surface area contributed by atoms with Crippen molar-refractivity contribution >= 4 is 0 Å². The third kappa shape index (κ3) is 10.2. The van der Waals surface area contributed by atoms with Gasteiger partial charge in [0, 0.05) is 12.8 Å². The van der Waals surface area contributed by atoms with Crippen molar-refractivity contribution in [2.45, 2.75) is 144 Å². The van der Waals surface area contributed by atoms with Gasteiger partial charge in [-0.2, -0.15) is 0 Å². The Bertz CT molecular complexity index is 2030. The highest BCUT2D eigenvalue weighted by atomic mass is 16.6. The standard InChI is InChI=1S/C50H64O7/c1-11-49(9,56-47-34(6)18-39(19-35(47)7)21-37-16-32(4)46(33(5)17-37)55-29-44-28-53-44)24-42(51)26-54-45-30(2)14-38(15-31(45)3)22-40-20-36(8)48-41(23-40)12-13-50(10,57-48)25-43-27-52-43/h14-20,23,42-44,51H,11-13,21-22,24-29H2,1-10H3. The SMILES string of the molecule is CCC(C)(CC(O)COc1c(C)cc(Cc2cc(C)c3c(c2)CCC(C)(CC2CO2)O3)cc1C)Oc1c(C)cc(Cc2cc(C)c(OCC3CO3)c(C)c2)cc1C. The van der Waals surface area contributed by atoms with E-state index in [9.17, 15) is 5.11 Å². The Kier molecular flexibility index (Phi) is 12.0. The molecule has 4 aromatic carbocycles. The second-order valence-corrected chi connectivity index (χ2v) is 18.0. The molecule has 4 aromatic rings. The lowest BCUT2D eigenvalue weighted by Gasteiger charge is -2.36. The van der Waals surface area contributed by atoms with Crippen LogP contribution in [0.3, 0.4) is 0 Å². The molecule has 0 spiro atoms. The molecule has 2 fully saturated rings. The van der Waals surface area contributed by atoms with Crippen LogP contribution in [0.4, 0.5) is 0 Å². The van der Waals surface area contributed by atoms with Crippen molar-refractivity contribution in [2.75, 3.05) is 26.4 Å². The van der Waals surface area contributed by atoms with E-state index in [0.717, 1.165) is 108 Å². The number of epoxide rings is 2. The molecule has 0 radical (unpaired) electrons. The van der Waals surface area contributed by atoms with Crippen molar-refractivity contribution in [3.05, 3.63) is 115 Å².